The molecule has 0 aromatic heterocycles. The van der Waals surface area contributed by atoms with E-state index in [0.717, 1.165) is 44.5 Å². The van der Waals surface area contributed by atoms with Gasteiger partial charge in [0.2, 0.25) is 0 Å². The molecule has 0 saturated carbocycles. The highest BCUT2D eigenvalue weighted by molar-refractivity contribution is 6.30. The molecule has 1 heterocycles. The Balaban J connectivity index is 1.57. The molecule has 2 aromatic rings. The summed E-state index contributed by atoms with van der Waals surface area (Å²) in [6.07, 6.45) is 3.15. The number of carbonyl (C=O) groups excluding carboxylic acids is 1. The molecule has 29 heavy (non-hydrogen) atoms. The molecule has 0 aliphatic carbocycles. The van der Waals surface area contributed by atoms with Gasteiger partial charge in [0.05, 0.1) is 0 Å². The largest absolute Gasteiger partial charge is 0.484 e. The summed E-state index contributed by atoms with van der Waals surface area (Å²) in [6.45, 7) is 5.26. The number of nitrogens with zero attached hydrogens (tertiary/aromatic N) is 2. The summed E-state index contributed by atoms with van der Waals surface area (Å²) in [5.41, 5.74) is 1.09. The van der Waals surface area contributed by atoms with Crippen LogP contribution in [0.2, 0.25) is 5.02 Å². The van der Waals surface area contributed by atoms with Crippen LogP contribution in [0.1, 0.15) is 31.7 Å². The van der Waals surface area contributed by atoms with Crippen LogP contribution >= 0.6 is 11.6 Å². The van der Waals surface area contributed by atoms with Crippen molar-refractivity contribution in [1.82, 2.24) is 9.80 Å². The Hall–Kier alpha value is -2.11. The molecular formula is C23H28ClFN2O2. The lowest BCUT2D eigenvalue weighted by Crippen LogP contribution is -2.55. The molecule has 1 saturated heterocycles. The summed E-state index contributed by atoms with van der Waals surface area (Å²) in [6, 6.07) is 13.9. The van der Waals surface area contributed by atoms with E-state index in [1.54, 1.807) is 24.3 Å². The zero-order valence-corrected chi connectivity index (χ0v) is 17.6. The third-order valence-corrected chi connectivity index (χ3v) is 5.53. The molecule has 1 fully saturated rings. The van der Waals surface area contributed by atoms with Crippen molar-refractivity contribution in [3.63, 3.8) is 0 Å². The number of hydrogen-bond donors (Lipinski definition) is 0. The minimum Gasteiger partial charge on any atom is -0.484 e. The summed E-state index contributed by atoms with van der Waals surface area (Å²) in [5, 5.41) is 0.639. The third kappa shape index (κ3) is 6.44. The van der Waals surface area contributed by atoms with Gasteiger partial charge in [0.25, 0.3) is 5.91 Å². The highest BCUT2D eigenvalue weighted by Gasteiger charge is 2.30. The van der Waals surface area contributed by atoms with Gasteiger partial charge in [-0.3, -0.25) is 9.69 Å². The summed E-state index contributed by atoms with van der Waals surface area (Å²) in [4.78, 5) is 17.1. The van der Waals surface area contributed by atoms with Crippen LogP contribution in [0, 0.1) is 5.82 Å². The Morgan fingerprint density at radius 1 is 1.14 bits per heavy atom. The van der Waals surface area contributed by atoms with Crippen molar-refractivity contribution in [2.24, 2.45) is 0 Å². The van der Waals surface area contributed by atoms with Crippen LogP contribution in [0.4, 0.5) is 4.39 Å². The van der Waals surface area contributed by atoms with Gasteiger partial charge in [-0.2, -0.15) is 0 Å². The van der Waals surface area contributed by atoms with Crippen molar-refractivity contribution in [2.45, 2.75) is 38.8 Å². The molecule has 0 N–H and O–H groups in total. The Bertz CT molecular complexity index is 782. The zero-order valence-electron chi connectivity index (χ0n) is 16.8. The van der Waals surface area contributed by atoms with Gasteiger partial charge in [-0.15, -0.1) is 0 Å². The monoisotopic (exact) mass is 418 g/mol. The van der Waals surface area contributed by atoms with E-state index in [0.29, 0.717) is 17.3 Å². The van der Waals surface area contributed by atoms with Crippen molar-refractivity contribution in [3.8, 4) is 5.75 Å². The Labute approximate surface area is 177 Å². The first-order valence-corrected chi connectivity index (χ1v) is 10.6. The van der Waals surface area contributed by atoms with Crippen molar-refractivity contribution in [3.05, 3.63) is 64.9 Å². The van der Waals surface area contributed by atoms with E-state index in [4.69, 9.17) is 16.3 Å². The summed E-state index contributed by atoms with van der Waals surface area (Å²) in [5.74, 6) is 0.441. The molecule has 1 aliphatic rings. The topological polar surface area (TPSA) is 32.8 Å². The van der Waals surface area contributed by atoms with E-state index >= 15 is 0 Å². The van der Waals surface area contributed by atoms with Crippen LogP contribution in [-0.2, 0) is 11.3 Å². The summed E-state index contributed by atoms with van der Waals surface area (Å²) < 4.78 is 18.8. The van der Waals surface area contributed by atoms with Gasteiger partial charge in [0.15, 0.2) is 6.61 Å². The third-order valence-electron chi connectivity index (χ3n) is 5.27. The second-order valence-corrected chi connectivity index (χ2v) is 7.92. The highest BCUT2D eigenvalue weighted by atomic mass is 35.5. The first-order valence-electron chi connectivity index (χ1n) is 10.2. The average molecular weight is 419 g/mol. The maximum absolute atomic E-state index is 13.1. The van der Waals surface area contributed by atoms with E-state index in [2.05, 4.69) is 11.8 Å². The lowest BCUT2D eigenvalue weighted by molar-refractivity contribution is -0.138. The summed E-state index contributed by atoms with van der Waals surface area (Å²) >= 11 is 5.89. The molecule has 3 rings (SSSR count). The lowest BCUT2D eigenvalue weighted by Gasteiger charge is -2.41. The van der Waals surface area contributed by atoms with Crippen molar-refractivity contribution < 1.29 is 13.9 Å². The standard InChI is InChI=1S/C23H28ClFN2O2/c1-2-3-4-21-16-26(15-18-5-9-20(25)10-6-18)13-14-27(21)23(28)17-29-22-11-7-19(24)8-12-22/h5-12,21H,2-4,13-17H2,1H3/t21-/m0/s1. The second-order valence-electron chi connectivity index (χ2n) is 7.49. The predicted octanol–water partition coefficient (Wildman–Crippen LogP) is 4.76. The first-order chi connectivity index (χ1) is 14.0. The van der Waals surface area contributed by atoms with Crippen LogP contribution < -0.4 is 4.74 Å². The Morgan fingerprint density at radius 3 is 2.55 bits per heavy atom. The van der Waals surface area contributed by atoms with Gasteiger partial charge < -0.3 is 9.64 Å². The fraction of sp³-hybridized carbons (Fsp3) is 0.435. The number of hydrogen-bond acceptors (Lipinski definition) is 3. The van der Waals surface area contributed by atoms with Crippen LogP contribution in [0.15, 0.2) is 48.5 Å². The summed E-state index contributed by atoms with van der Waals surface area (Å²) in [7, 11) is 0. The van der Waals surface area contributed by atoms with Gasteiger partial charge in [-0.1, -0.05) is 43.5 Å². The molecule has 156 valence electrons. The normalized spacial score (nSPS) is 17.3. The Kier molecular flexibility index (Phi) is 7.90. The molecule has 0 bridgehead atoms. The smallest absolute Gasteiger partial charge is 0.260 e. The number of benzene rings is 2. The van der Waals surface area contributed by atoms with E-state index in [1.165, 1.54) is 12.1 Å². The van der Waals surface area contributed by atoms with Gasteiger partial charge in [0.1, 0.15) is 11.6 Å². The number of carbonyl (C=O) groups is 1. The molecule has 1 aliphatic heterocycles. The second kappa shape index (κ2) is 10.6. The minimum absolute atomic E-state index is 0.0162. The van der Waals surface area contributed by atoms with Gasteiger partial charge >= 0.3 is 0 Å². The van der Waals surface area contributed by atoms with Crippen molar-refractivity contribution in [2.75, 3.05) is 26.2 Å². The van der Waals surface area contributed by atoms with Crippen LogP contribution in [0.5, 0.6) is 5.75 Å². The maximum Gasteiger partial charge on any atom is 0.260 e. The molecule has 2 aromatic carbocycles. The lowest BCUT2D eigenvalue weighted by atomic mass is 10.0. The first kappa shape index (κ1) is 21.6. The molecule has 0 radical (unpaired) electrons. The van der Waals surface area contributed by atoms with E-state index in [1.807, 2.05) is 17.0 Å². The number of halogens is 2. The predicted molar refractivity (Wildman–Crippen MR) is 114 cm³/mol. The fourth-order valence-electron chi connectivity index (χ4n) is 3.69. The highest BCUT2D eigenvalue weighted by Crippen LogP contribution is 2.20. The van der Waals surface area contributed by atoms with E-state index < -0.39 is 0 Å². The minimum atomic E-state index is -0.217. The number of unbranched alkanes of at least 4 members (excludes halogenated alkanes) is 1. The molecule has 4 nitrogen and oxygen atoms in total. The van der Waals surface area contributed by atoms with Crippen molar-refractivity contribution >= 4 is 17.5 Å². The van der Waals surface area contributed by atoms with Crippen LogP contribution in [0.25, 0.3) is 0 Å². The fourth-order valence-corrected chi connectivity index (χ4v) is 3.81. The van der Waals surface area contributed by atoms with Gasteiger partial charge in [-0.25, -0.2) is 4.39 Å². The van der Waals surface area contributed by atoms with E-state index in [-0.39, 0.29) is 24.4 Å². The van der Waals surface area contributed by atoms with Crippen molar-refractivity contribution in [1.29, 1.82) is 0 Å². The average Bonchev–Trinajstić information content (AvgIpc) is 2.73. The quantitative estimate of drug-likeness (QED) is 0.619. The van der Waals surface area contributed by atoms with Gasteiger partial charge in [-0.05, 0) is 48.4 Å². The molecule has 1 atom stereocenters. The number of rotatable bonds is 8. The SMILES string of the molecule is CCCC[C@H]1CN(Cc2ccc(F)cc2)CCN1C(=O)COc1ccc(Cl)cc1. The van der Waals surface area contributed by atoms with E-state index in [9.17, 15) is 9.18 Å². The van der Waals surface area contributed by atoms with Crippen LogP contribution in [0.3, 0.4) is 0 Å². The van der Waals surface area contributed by atoms with Crippen LogP contribution in [-0.4, -0.2) is 48.0 Å². The maximum atomic E-state index is 13.1. The molecular weight excluding hydrogens is 391 g/mol. The molecule has 0 spiro atoms. The number of piperazine rings is 1. The molecule has 0 unspecified atom stereocenters. The number of amides is 1. The number of ether oxygens (including phenoxy) is 1. The molecule has 1 amide bonds. The zero-order chi connectivity index (χ0) is 20.6. The molecule has 6 heteroatoms. The van der Waals surface area contributed by atoms with Gasteiger partial charge in [0, 0.05) is 37.2 Å². The Morgan fingerprint density at radius 2 is 1.86 bits per heavy atom.